The van der Waals surface area contributed by atoms with Crippen molar-refractivity contribution in [2.24, 2.45) is 0 Å². The van der Waals surface area contributed by atoms with E-state index < -0.39 is 23.6 Å². The normalized spacial score (nSPS) is 11.3. The van der Waals surface area contributed by atoms with Crippen LogP contribution in [0.15, 0.2) is 59.3 Å². The minimum atomic E-state index is -4.42. The number of amides is 2. The molecule has 12 heteroatoms. The Labute approximate surface area is 190 Å². The van der Waals surface area contributed by atoms with E-state index >= 15 is 0 Å². The van der Waals surface area contributed by atoms with Gasteiger partial charge in [-0.3, -0.25) is 14.7 Å². The predicted molar refractivity (Wildman–Crippen MR) is 113 cm³/mol. The summed E-state index contributed by atoms with van der Waals surface area (Å²) in [6.07, 6.45) is -3.12. The van der Waals surface area contributed by atoms with Gasteiger partial charge in [0, 0.05) is 19.4 Å². The zero-order valence-electron chi connectivity index (χ0n) is 17.8. The minimum Gasteiger partial charge on any atom is -0.457 e. The number of nitrogens with zero attached hydrogens (tertiary/aromatic N) is 4. The highest BCUT2D eigenvalue weighted by atomic mass is 19.4. The van der Waals surface area contributed by atoms with Crippen molar-refractivity contribution in [3.05, 3.63) is 60.3 Å². The molecule has 0 aliphatic heterocycles. The first kappa shape index (κ1) is 22.7. The van der Waals surface area contributed by atoms with E-state index in [-0.39, 0.29) is 28.8 Å². The van der Waals surface area contributed by atoms with E-state index in [1.165, 1.54) is 32.2 Å². The average molecular weight is 471 g/mol. The molecule has 0 fully saturated rings. The van der Waals surface area contributed by atoms with Crippen LogP contribution in [0.2, 0.25) is 0 Å². The number of H-pyrrole nitrogens is 1. The number of nitrogens with one attached hydrogen (secondary N) is 1. The van der Waals surface area contributed by atoms with Crippen molar-refractivity contribution in [1.29, 1.82) is 0 Å². The lowest BCUT2D eigenvalue weighted by Crippen LogP contribution is -2.33. The van der Waals surface area contributed by atoms with Gasteiger partial charge in [-0.1, -0.05) is 5.16 Å². The molecule has 0 radical (unpaired) electrons. The number of hydrogen-bond donors (Lipinski definition) is 1. The monoisotopic (exact) mass is 471 g/mol. The van der Waals surface area contributed by atoms with E-state index in [0.29, 0.717) is 11.3 Å². The number of anilines is 1. The largest absolute Gasteiger partial charge is 0.457 e. The third-order valence-electron chi connectivity index (χ3n) is 4.66. The Morgan fingerprint density at radius 2 is 1.56 bits per heavy atom. The molecule has 0 saturated carbocycles. The summed E-state index contributed by atoms with van der Waals surface area (Å²) in [6.45, 7) is 2.48. The van der Waals surface area contributed by atoms with E-state index in [1.54, 1.807) is 24.3 Å². The standard InChI is InChI=1S/C22H16F3N5O4/c1-12(31)30(13(2)32)18-11-26-28-19(18)21-27-20(29-34-21)14-3-7-16(8-4-14)33-17-9-5-15(6-10-17)22(23,24)25/h3-11H,1-2H3,(H,26,28). The number of benzene rings is 2. The van der Waals surface area contributed by atoms with Crippen LogP contribution in [0.5, 0.6) is 11.5 Å². The Morgan fingerprint density at radius 1 is 0.971 bits per heavy atom. The molecular weight excluding hydrogens is 455 g/mol. The molecule has 1 N–H and O–H groups in total. The Kier molecular flexibility index (Phi) is 5.88. The maximum absolute atomic E-state index is 12.7. The van der Waals surface area contributed by atoms with Crippen molar-refractivity contribution in [3.8, 4) is 34.5 Å². The van der Waals surface area contributed by atoms with Gasteiger partial charge in [-0.25, -0.2) is 4.90 Å². The topological polar surface area (TPSA) is 114 Å². The summed E-state index contributed by atoms with van der Waals surface area (Å²) in [5.74, 6) is -0.137. The zero-order chi connectivity index (χ0) is 24.5. The van der Waals surface area contributed by atoms with E-state index in [0.717, 1.165) is 17.0 Å². The summed E-state index contributed by atoms with van der Waals surface area (Å²) in [6, 6.07) is 10.8. The molecule has 0 saturated heterocycles. The number of aromatic amines is 1. The van der Waals surface area contributed by atoms with Crippen LogP contribution in [0, 0.1) is 0 Å². The fourth-order valence-corrected chi connectivity index (χ4v) is 3.13. The summed E-state index contributed by atoms with van der Waals surface area (Å²) in [7, 11) is 0. The lowest BCUT2D eigenvalue weighted by Gasteiger charge is -2.15. The summed E-state index contributed by atoms with van der Waals surface area (Å²) in [4.78, 5) is 28.9. The number of hydrogen-bond acceptors (Lipinski definition) is 7. The van der Waals surface area contributed by atoms with Crippen LogP contribution in [-0.2, 0) is 15.8 Å². The molecule has 0 spiro atoms. The first-order valence-electron chi connectivity index (χ1n) is 9.77. The Morgan fingerprint density at radius 3 is 2.12 bits per heavy atom. The van der Waals surface area contributed by atoms with Gasteiger partial charge >= 0.3 is 6.18 Å². The maximum atomic E-state index is 12.7. The molecule has 174 valence electrons. The second kappa shape index (κ2) is 8.81. The number of halogens is 3. The number of carbonyl (C=O) groups is 2. The molecule has 2 amide bonds. The molecule has 2 aromatic heterocycles. The van der Waals surface area contributed by atoms with Crippen molar-refractivity contribution in [3.63, 3.8) is 0 Å². The van der Waals surface area contributed by atoms with E-state index in [4.69, 9.17) is 9.26 Å². The molecule has 2 aromatic carbocycles. The van der Waals surface area contributed by atoms with Crippen LogP contribution in [0.1, 0.15) is 19.4 Å². The second-order valence-electron chi connectivity index (χ2n) is 7.08. The molecule has 34 heavy (non-hydrogen) atoms. The molecule has 0 unspecified atom stereocenters. The highest BCUT2D eigenvalue weighted by Crippen LogP contribution is 2.32. The first-order chi connectivity index (χ1) is 16.1. The average Bonchev–Trinajstić information content (AvgIpc) is 3.43. The molecule has 4 aromatic rings. The number of carbonyl (C=O) groups excluding carboxylic acids is 2. The van der Waals surface area contributed by atoms with Gasteiger partial charge in [0.05, 0.1) is 11.8 Å². The summed E-state index contributed by atoms with van der Waals surface area (Å²) >= 11 is 0. The van der Waals surface area contributed by atoms with Gasteiger partial charge in [-0.15, -0.1) is 0 Å². The molecule has 0 bridgehead atoms. The third-order valence-corrected chi connectivity index (χ3v) is 4.66. The number of imide groups is 1. The van der Waals surface area contributed by atoms with Gasteiger partial charge in [0.2, 0.25) is 17.6 Å². The zero-order valence-corrected chi connectivity index (χ0v) is 17.8. The van der Waals surface area contributed by atoms with Crippen LogP contribution in [-0.4, -0.2) is 32.2 Å². The van der Waals surface area contributed by atoms with Crippen LogP contribution >= 0.6 is 0 Å². The third kappa shape index (κ3) is 4.65. The van der Waals surface area contributed by atoms with Crippen LogP contribution in [0.3, 0.4) is 0 Å². The number of ether oxygens (including phenoxy) is 1. The first-order valence-corrected chi connectivity index (χ1v) is 9.77. The Balaban J connectivity index is 1.52. The van der Waals surface area contributed by atoms with Crippen LogP contribution < -0.4 is 9.64 Å². The minimum absolute atomic E-state index is 0.0140. The van der Waals surface area contributed by atoms with Gasteiger partial charge in [0.15, 0.2) is 0 Å². The lowest BCUT2D eigenvalue weighted by atomic mass is 10.2. The van der Waals surface area contributed by atoms with Crippen LogP contribution in [0.4, 0.5) is 18.9 Å². The molecule has 4 rings (SSSR count). The highest BCUT2D eigenvalue weighted by molar-refractivity contribution is 6.14. The number of alkyl halides is 3. The van der Waals surface area contributed by atoms with E-state index in [2.05, 4.69) is 20.3 Å². The van der Waals surface area contributed by atoms with Crippen LogP contribution in [0.25, 0.3) is 23.0 Å². The van der Waals surface area contributed by atoms with Gasteiger partial charge < -0.3 is 9.26 Å². The van der Waals surface area contributed by atoms with Crippen molar-refractivity contribution in [2.45, 2.75) is 20.0 Å². The molecule has 0 aliphatic carbocycles. The predicted octanol–water partition coefficient (Wildman–Crippen LogP) is 4.84. The fraction of sp³-hybridized carbons (Fsp3) is 0.136. The Bertz CT molecular complexity index is 1310. The van der Waals surface area contributed by atoms with E-state index in [1.807, 2.05) is 0 Å². The SMILES string of the molecule is CC(=O)N(C(C)=O)c1cn[nH]c1-c1nc(-c2ccc(Oc3ccc(C(F)(F)F)cc3)cc2)no1. The maximum Gasteiger partial charge on any atom is 0.416 e. The molecule has 9 nitrogen and oxygen atoms in total. The van der Waals surface area contributed by atoms with Gasteiger partial charge in [0.1, 0.15) is 22.9 Å². The number of rotatable bonds is 5. The summed E-state index contributed by atoms with van der Waals surface area (Å²) < 4.78 is 48.9. The van der Waals surface area contributed by atoms with Crippen molar-refractivity contribution < 1.29 is 32.0 Å². The summed E-state index contributed by atoms with van der Waals surface area (Å²) in [5.41, 5.74) is 0.172. The smallest absolute Gasteiger partial charge is 0.416 e. The highest BCUT2D eigenvalue weighted by Gasteiger charge is 2.30. The van der Waals surface area contributed by atoms with Crippen molar-refractivity contribution in [2.75, 3.05) is 4.90 Å². The van der Waals surface area contributed by atoms with Gasteiger partial charge in [-0.05, 0) is 48.5 Å². The molecule has 0 atom stereocenters. The molecular formula is C22H16F3N5O4. The lowest BCUT2D eigenvalue weighted by molar-refractivity contribution is -0.137. The van der Waals surface area contributed by atoms with Gasteiger partial charge in [0.25, 0.3) is 5.89 Å². The Hall–Kier alpha value is -4.48. The molecule has 0 aliphatic rings. The van der Waals surface area contributed by atoms with Crippen molar-refractivity contribution >= 4 is 17.5 Å². The molecule has 2 heterocycles. The fourth-order valence-electron chi connectivity index (χ4n) is 3.13. The van der Waals surface area contributed by atoms with E-state index in [9.17, 15) is 22.8 Å². The van der Waals surface area contributed by atoms with Gasteiger partial charge in [-0.2, -0.15) is 23.3 Å². The second-order valence-corrected chi connectivity index (χ2v) is 7.08. The number of aromatic nitrogens is 4. The van der Waals surface area contributed by atoms with Crippen molar-refractivity contribution in [1.82, 2.24) is 20.3 Å². The quantitative estimate of drug-likeness (QED) is 0.443. The summed E-state index contributed by atoms with van der Waals surface area (Å²) in [5, 5.41) is 10.4.